The number of carboxylic acid groups (broad SMARTS) is 1. The zero-order chi connectivity index (χ0) is 17.9. The first-order valence-corrected chi connectivity index (χ1v) is 8.68. The van der Waals surface area contributed by atoms with Gasteiger partial charge in [-0.25, -0.2) is 9.78 Å². The van der Waals surface area contributed by atoms with Crippen LogP contribution in [0.1, 0.15) is 49.4 Å². The second-order valence-corrected chi connectivity index (χ2v) is 6.71. The van der Waals surface area contributed by atoms with Gasteiger partial charge in [-0.2, -0.15) is 0 Å². The second-order valence-electron chi connectivity index (χ2n) is 6.71. The summed E-state index contributed by atoms with van der Waals surface area (Å²) in [5, 5.41) is 12.5. The average Bonchev–Trinajstić information content (AvgIpc) is 3.17. The molecule has 0 unspecified atom stereocenters. The lowest BCUT2D eigenvalue weighted by Gasteiger charge is -2.37. The van der Waals surface area contributed by atoms with E-state index in [1.54, 1.807) is 24.7 Å². The lowest BCUT2D eigenvalue weighted by Crippen LogP contribution is -2.56. The molecule has 3 rings (SSSR count). The van der Waals surface area contributed by atoms with Crippen molar-refractivity contribution in [3.8, 4) is 5.69 Å². The number of hydrogen-bond acceptors (Lipinski definition) is 3. The molecule has 1 aliphatic rings. The summed E-state index contributed by atoms with van der Waals surface area (Å²) in [4.78, 5) is 28.4. The van der Waals surface area contributed by atoms with Gasteiger partial charge in [-0.1, -0.05) is 13.3 Å². The Morgan fingerprint density at radius 2 is 1.96 bits per heavy atom. The number of carboxylic acids is 1. The molecule has 132 valence electrons. The van der Waals surface area contributed by atoms with Crippen LogP contribution in [-0.2, 0) is 4.79 Å². The number of aliphatic carboxylic acids is 1. The third kappa shape index (κ3) is 3.57. The van der Waals surface area contributed by atoms with Crippen molar-refractivity contribution in [2.24, 2.45) is 5.92 Å². The van der Waals surface area contributed by atoms with Gasteiger partial charge in [0.25, 0.3) is 5.91 Å². The smallest absolute Gasteiger partial charge is 0.329 e. The predicted molar refractivity (Wildman–Crippen MR) is 93.6 cm³/mol. The fraction of sp³-hybridized carbons (Fsp3) is 0.421. The van der Waals surface area contributed by atoms with E-state index >= 15 is 0 Å². The molecule has 25 heavy (non-hydrogen) atoms. The molecule has 0 aliphatic heterocycles. The van der Waals surface area contributed by atoms with E-state index in [4.69, 9.17) is 0 Å². The van der Waals surface area contributed by atoms with Crippen molar-refractivity contribution >= 4 is 11.9 Å². The quantitative estimate of drug-likeness (QED) is 0.875. The Hall–Kier alpha value is -2.63. The Morgan fingerprint density at radius 3 is 2.48 bits per heavy atom. The topological polar surface area (TPSA) is 84.2 Å². The van der Waals surface area contributed by atoms with Crippen molar-refractivity contribution in [3.05, 3.63) is 48.5 Å². The van der Waals surface area contributed by atoms with Gasteiger partial charge >= 0.3 is 5.97 Å². The van der Waals surface area contributed by atoms with Crippen LogP contribution in [0.4, 0.5) is 0 Å². The van der Waals surface area contributed by atoms with Crippen LogP contribution in [0.3, 0.4) is 0 Å². The minimum absolute atomic E-state index is 0.338. The monoisotopic (exact) mass is 341 g/mol. The average molecular weight is 341 g/mol. The molecule has 6 nitrogen and oxygen atoms in total. The van der Waals surface area contributed by atoms with Crippen molar-refractivity contribution in [2.45, 2.75) is 44.6 Å². The number of nitrogens with one attached hydrogen (secondary N) is 1. The number of carbonyl (C=O) groups is 2. The van der Waals surface area contributed by atoms with Gasteiger partial charge < -0.3 is 15.0 Å². The fourth-order valence-electron chi connectivity index (χ4n) is 3.46. The maximum atomic E-state index is 12.6. The third-order valence-corrected chi connectivity index (χ3v) is 5.23. The van der Waals surface area contributed by atoms with E-state index in [-0.39, 0.29) is 5.91 Å². The van der Waals surface area contributed by atoms with Gasteiger partial charge in [-0.05, 0) is 55.9 Å². The van der Waals surface area contributed by atoms with Gasteiger partial charge in [0.15, 0.2) is 0 Å². The van der Waals surface area contributed by atoms with Crippen LogP contribution in [0, 0.1) is 5.92 Å². The first kappa shape index (κ1) is 17.2. The molecule has 0 saturated heterocycles. The zero-order valence-corrected chi connectivity index (χ0v) is 14.3. The number of aromatic nitrogens is 2. The summed E-state index contributed by atoms with van der Waals surface area (Å²) in [5.74, 6) is -0.723. The van der Waals surface area contributed by atoms with Crippen molar-refractivity contribution in [2.75, 3.05) is 0 Å². The van der Waals surface area contributed by atoms with E-state index in [0.29, 0.717) is 24.3 Å². The van der Waals surface area contributed by atoms with E-state index in [0.717, 1.165) is 24.9 Å². The summed E-state index contributed by atoms with van der Waals surface area (Å²) >= 11 is 0. The lowest BCUT2D eigenvalue weighted by molar-refractivity contribution is -0.146. The highest BCUT2D eigenvalue weighted by molar-refractivity contribution is 5.98. The molecule has 2 aromatic rings. The zero-order valence-electron chi connectivity index (χ0n) is 14.3. The van der Waals surface area contributed by atoms with E-state index in [9.17, 15) is 14.7 Å². The van der Waals surface area contributed by atoms with E-state index in [1.165, 1.54) is 0 Å². The Bertz CT molecular complexity index is 730. The van der Waals surface area contributed by atoms with Crippen molar-refractivity contribution < 1.29 is 14.7 Å². The normalized spacial score (nSPS) is 23.2. The second kappa shape index (κ2) is 7.09. The Kier molecular flexibility index (Phi) is 4.88. The first-order chi connectivity index (χ1) is 12.0. The fourth-order valence-corrected chi connectivity index (χ4v) is 3.46. The Morgan fingerprint density at radius 1 is 1.28 bits per heavy atom. The summed E-state index contributed by atoms with van der Waals surface area (Å²) in [7, 11) is 0. The molecular formula is C19H23N3O3. The highest BCUT2D eigenvalue weighted by atomic mass is 16.4. The maximum Gasteiger partial charge on any atom is 0.329 e. The number of amides is 1. The molecule has 1 aromatic heterocycles. The molecule has 1 saturated carbocycles. The summed E-state index contributed by atoms with van der Waals surface area (Å²) in [5.41, 5.74) is 0.207. The summed E-state index contributed by atoms with van der Waals surface area (Å²) in [6.45, 7) is 2.12. The van der Waals surface area contributed by atoms with Crippen LogP contribution < -0.4 is 5.32 Å². The Labute approximate surface area is 146 Å². The van der Waals surface area contributed by atoms with Crippen LogP contribution in [-0.4, -0.2) is 32.1 Å². The summed E-state index contributed by atoms with van der Waals surface area (Å²) < 4.78 is 1.84. The third-order valence-electron chi connectivity index (χ3n) is 5.23. The van der Waals surface area contributed by atoms with Gasteiger partial charge in [-0.15, -0.1) is 0 Å². The van der Waals surface area contributed by atoms with Crippen LogP contribution in [0.15, 0.2) is 43.0 Å². The van der Waals surface area contributed by atoms with Crippen LogP contribution in [0.5, 0.6) is 0 Å². The molecule has 0 bridgehead atoms. The number of hydrogen-bond donors (Lipinski definition) is 2. The molecule has 6 heteroatoms. The molecule has 0 spiro atoms. The molecule has 0 radical (unpaired) electrons. The van der Waals surface area contributed by atoms with E-state index in [2.05, 4.69) is 17.2 Å². The maximum absolute atomic E-state index is 12.6. The molecule has 2 N–H and O–H groups in total. The van der Waals surface area contributed by atoms with Crippen LogP contribution >= 0.6 is 0 Å². The van der Waals surface area contributed by atoms with Gasteiger partial charge in [0.1, 0.15) is 5.54 Å². The molecule has 1 aliphatic carbocycles. The number of rotatable bonds is 5. The van der Waals surface area contributed by atoms with Gasteiger partial charge in [0.2, 0.25) is 0 Å². The van der Waals surface area contributed by atoms with E-state index < -0.39 is 11.5 Å². The van der Waals surface area contributed by atoms with Crippen LogP contribution in [0.2, 0.25) is 0 Å². The largest absolute Gasteiger partial charge is 0.480 e. The van der Waals surface area contributed by atoms with Crippen molar-refractivity contribution in [1.82, 2.24) is 14.9 Å². The minimum Gasteiger partial charge on any atom is -0.480 e. The standard InChI is InChI=1S/C19H23N3O3/c1-2-14-7-9-19(10-8-14,18(24)25)21-17(23)15-3-5-16(6-4-15)22-12-11-20-13-22/h3-6,11-14H,2,7-10H2,1H3,(H,21,23)(H,24,25). The molecule has 1 aromatic carbocycles. The molecule has 1 fully saturated rings. The number of carbonyl (C=O) groups excluding carboxylic acids is 1. The first-order valence-electron chi connectivity index (χ1n) is 8.68. The highest BCUT2D eigenvalue weighted by Gasteiger charge is 2.43. The SMILES string of the molecule is CCC1CCC(NC(=O)c2ccc(-n3ccnc3)cc2)(C(=O)O)CC1. The van der Waals surface area contributed by atoms with Gasteiger partial charge in [0, 0.05) is 23.6 Å². The highest BCUT2D eigenvalue weighted by Crippen LogP contribution is 2.34. The van der Waals surface area contributed by atoms with Gasteiger partial charge in [-0.3, -0.25) is 4.79 Å². The summed E-state index contributed by atoms with van der Waals surface area (Å²) in [6.07, 6.45) is 8.88. The Balaban J connectivity index is 1.72. The lowest BCUT2D eigenvalue weighted by atomic mass is 9.75. The summed E-state index contributed by atoms with van der Waals surface area (Å²) in [6, 6.07) is 7.05. The molecule has 1 amide bonds. The minimum atomic E-state index is -1.15. The molecular weight excluding hydrogens is 318 g/mol. The predicted octanol–water partition coefficient (Wildman–Crippen LogP) is 3.03. The molecule has 1 heterocycles. The van der Waals surface area contributed by atoms with Crippen molar-refractivity contribution in [1.29, 1.82) is 0 Å². The van der Waals surface area contributed by atoms with Crippen LogP contribution in [0.25, 0.3) is 5.69 Å². The van der Waals surface area contributed by atoms with Gasteiger partial charge in [0.05, 0.1) is 6.33 Å². The number of imidazole rings is 1. The number of nitrogens with zero attached hydrogens (tertiary/aromatic N) is 2. The van der Waals surface area contributed by atoms with E-state index in [1.807, 2.05) is 22.9 Å². The number of benzene rings is 1. The van der Waals surface area contributed by atoms with Crippen molar-refractivity contribution in [3.63, 3.8) is 0 Å². The molecule has 0 atom stereocenters.